The SMILES string of the molecule is CC1(C)c2ccccc2-c2ccc(-c3ccc(N(c4ccc(-c5ccccc5)cc4)c4ccc5c(c4)C4(c6ccccc6-5)c5ccccc5C5(c6ccccc6)c6ccccc6-c6cccc4c65)cc3)cc21. The molecule has 2 unspecified atom stereocenters. The molecule has 0 radical (unpaired) electrons. The fourth-order valence-electron chi connectivity index (χ4n) is 13.9. The molecular weight excluding hydrogens is 867 g/mol. The Labute approximate surface area is 422 Å². The molecule has 4 aliphatic carbocycles. The van der Waals surface area contributed by atoms with Gasteiger partial charge in [0.05, 0.1) is 10.8 Å². The van der Waals surface area contributed by atoms with Crippen LogP contribution in [0.25, 0.3) is 55.6 Å². The summed E-state index contributed by atoms with van der Waals surface area (Å²) in [5.41, 5.74) is 28.4. The van der Waals surface area contributed by atoms with Crippen molar-refractivity contribution >= 4 is 17.1 Å². The quantitative estimate of drug-likeness (QED) is 0.161. The maximum absolute atomic E-state index is 2.53. The molecule has 0 saturated carbocycles. The Hall–Kier alpha value is -8.78. The van der Waals surface area contributed by atoms with Crippen LogP contribution in [0.1, 0.15) is 69.5 Å². The third-order valence-corrected chi connectivity index (χ3v) is 17.0. The van der Waals surface area contributed by atoms with Crippen LogP contribution in [0.5, 0.6) is 0 Å². The van der Waals surface area contributed by atoms with Crippen LogP contribution in [0.4, 0.5) is 17.1 Å². The molecule has 0 amide bonds. The summed E-state index contributed by atoms with van der Waals surface area (Å²) in [5.74, 6) is 0. The van der Waals surface area contributed by atoms with Crippen molar-refractivity contribution in [3.63, 3.8) is 0 Å². The second kappa shape index (κ2) is 15.1. The third kappa shape index (κ3) is 5.38. The first-order valence-corrected chi connectivity index (χ1v) is 25.4. The molecule has 1 heteroatoms. The highest BCUT2D eigenvalue weighted by molar-refractivity contribution is 5.97. The van der Waals surface area contributed by atoms with Crippen molar-refractivity contribution in [3.05, 3.63) is 316 Å². The molecule has 1 spiro atoms. The van der Waals surface area contributed by atoms with Gasteiger partial charge in [-0.15, -0.1) is 0 Å². The monoisotopic (exact) mass is 915 g/mol. The van der Waals surface area contributed by atoms with Crippen LogP contribution in [-0.2, 0) is 16.2 Å². The zero-order chi connectivity index (χ0) is 47.8. The number of anilines is 3. The minimum Gasteiger partial charge on any atom is -0.310 e. The number of rotatable bonds is 6. The first-order valence-electron chi connectivity index (χ1n) is 25.4. The summed E-state index contributed by atoms with van der Waals surface area (Å²) in [4.78, 5) is 2.46. The minimum absolute atomic E-state index is 0.0686. The van der Waals surface area contributed by atoms with Gasteiger partial charge in [-0.3, -0.25) is 0 Å². The average Bonchev–Trinajstić information content (AvgIpc) is 4.01. The van der Waals surface area contributed by atoms with E-state index in [4.69, 9.17) is 0 Å². The second-order valence-electron chi connectivity index (χ2n) is 20.7. The van der Waals surface area contributed by atoms with Gasteiger partial charge >= 0.3 is 0 Å². The van der Waals surface area contributed by atoms with Crippen LogP contribution in [0.2, 0.25) is 0 Å². The normalized spacial score (nSPS) is 17.5. The molecule has 0 heterocycles. The van der Waals surface area contributed by atoms with Crippen LogP contribution in [0, 0.1) is 0 Å². The first-order chi connectivity index (χ1) is 35.5. The van der Waals surface area contributed by atoms with Crippen molar-refractivity contribution in [2.45, 2.75) is 30.1 Å². The van der Waals surface area contributed by atoms with Gasteiger partial charge in [0.1, 0.15) is 0 Å². The molecule has 4 aliphatic rings. The van der Waals surface area contributed by atoms with Gasteiger partial charge in [0, 0.05) is 22.5 Å². The molecule has 0 bridgehead atoms. The van der Waals surface area contributed by atoms with Gasteiger partial charge in [-0.1, -0.05) is 232 Å². The molecule has 15 rings (SSSR count). The number of benzene rings is 11. The largest absolute Gasteiger partial charge is 0.310 e. The maximum Gasteiger partial charge on any atom is 0.0720 e. The minimum atomic E-state index is -0.599. The Balaban J connectivity index is 0.943. The van der Waals surface area contributed by atoms with E-state index in [0.717, 1.165) is 17.1 Å². The van der Waals surface area contributed by atoms with E-state index >= 15 is 0 Å². The summed E-state index contributed by atoms with van der Waals surface area (Å²) in [6.07, 6.45) is 0. The Bertz CT molecular complexity index is 3990. The van der Waals surface area contributed by atoms with Crippen LogP contribution in [-0.4, -0.2) is 0 Å². The number of nitrogens with zero attached hydrogens (tertiary/aromatic N) is 1. The van der Waals surface area contributed by atoms with Crippen molar-refractivity contribution in [1.29, 1.82) is 0 Å². The number of fused-ring (bicyclic) bond motifs is 15. The highest BCUT2D eigenvalue weighted by Crippen LogP contribution is 2.69. The number of hydrogen-bond donors (Lipinski definition) is 0. The molecule has 0 aliphatic heterocycles. The molecule has 11 aromatic rings. The van der Waals surface area contributed by atoms with Gasteiger partial charge in [0.15, 0.2) is 0 Å². The molecule has 1 nitrogen and oxygen atoms in total. The van der Waals surface area contributed by atoms with E-state index in [1.807, 2.05) is 0 Å². The van der Waals surface area contributed by atoms with E-state index in [0.29, 0.717) is 0 Å². The van der Waals surface area contributed by atoms with Gasteiger partial charge in [0.25, 0.3) is 0 Å². The Morgan fingerprint density at radius 3 is 1.33 bits per heavy atom. The molecule has 11 aromatic carbocycles. The van der Waals surface area contributed by atoms with Gasteiger partial charge in [-0.05, 0) is 154 Å². The zero-order valence-electron chi connectivity index (χ0n) is 40.3. The second-order valence-corrected chi connectivity index (χ2v) is 20.7. The smallest absolute Gasteiger partial charge is 0.0720 e. The van der Waals surface area contributed by atoms with Crippen molar-refractivity contribution in [2.24, 2.45) is 0 Å². The van der Waals surface area contributed by atoms with E-state index in [1.165, 1.54) is 111 Å². The highest BCUT2D eigenvalue weighted by atomic mass is 15.1. The van der Waals surface area contributed by atoms with Crippen LogP contribution < -0.4 is 4.90 Å². The predicted octanol–water partition coefficient (Wildman–Crippen LogP) is 17.8. The van der Waals surface area contributed by atoms with Gasteiger partial charge in [-0.2, -0.15) is 0 Å². The predicted molar refractivity (Wildman–Crippen MR) is 298 cm³/mol. The lowest BCUT2D eigenvalue weighted by Crippen LogP contribution is -2.43. The topological polar surface area (TPSA) is 3.24 Å². The van der Waals surface area contributed by atoms with E-state index in [1.54, 1.807) is 0 Å². The molecule has 0 saturated heterocycles. The van der Waals surface area contributed by atoms with Crippen molar-refractivity contribution in [2.75, 3.05) is 4.90 Å². The van der Waals surface area contributed by atoms with E-state index in [-0.39, 0.29) is 5.41 Å². The van der Waals surface area contributed by atoms with Gasteiger partial charge in [-0.25, -0.2) is 0 Å². The lowest BCUT2D eigenvalue weighted by atomic mass is 9.52. The van der Waals surface area contributed by atoms with Crippen LogP contribution in [0.15, 0.2) is 261 Å². The molecule has 0 aromatic heterocycles. The summed E-state index contributed by atoms with van der Waals surface area (Å²) in [6, 6.07) is 98.5. The van der Waals surface area contributed by atoms with Crippen molar-refractivity contribution in [3.8, 4) is 55.6 Å². The molecule has 338 valence electrons. The maximum atomic E-state index is 2.53. The van der Waals surface area contributed by atoms with E-state index in [9.17, 15) is 0 Å². The summed E-state index contributed by atoms with van der Waals surface area (Å²) in [6.45, 7) is 4.72. The molecule has 0 fully saturated rings. The first kappa shape index (κ1) is 41.0. The summed E-state index contributed by atoms with van der Waals surface area (Å²) in [5, 5.41) is 0. The average molecular weight is 916 g/mol. The Morgan fingerprint density at radius 1 is 0.250 bits per heavy atom. The van der Waals surface area contributed by atoms with Crippen molar-refractivity contribution < 1.29 is 0 Å². The van der Waals surface area contributed by atoms with E-state index < -0.39 is 10.8 Å². The highest BCUT2D eigenvalue weighted by Gasteiger charge is 2.59. The van der Waals surface area contributed by atoms with Gasteiger partial charge in [0.2, 0.25) is 0 Å². The summed E-state index contributed by atoms with van der Waals surface area (Å²) in [7, 11) is 0. The zero-order valence-corrected chi connectivity index (χ0v) is 40.3. The molecular formula is C71H49N. The Morgan fingerprint density at radius 2 is 0.667 bits per heavy atom. The van der Waals surface area contributed by atoms with Gasteiger partial charge < -0.3 is 4.90 Å². The summed E-state index contributed by atoms with van der Waals surface area (Å²) < 4.78 is 0. The summed E-state index contributed by atoms with van der Waals surface area (Å²) >= 11 is 0. The van der Waals surface area contributed by atoms with E-state index in [2.05, 4.69) is 280 Å². The standard InChI is InChI=1S/C71H49N/c1-69(2)60-26-12-9-22-54(60)57-42-36-49(44-66(57)69)48-34-39-52(40-35-48)72(51-37-32-47(33-38-51)46-18-5-3-6-19-46)53-41-43-58-55-23-10-14-28-62(55)71(67(58)45-53)64-30-16-15-29-63(64)70(50-20-7-4-8-21-50)61-27-13-11-24-56(61)59-25-17-31-65(71)68(59)70/h3-45H,1-2H3. The van der Waals surface area contributed by atoms with Crippen LogP contribution in [0.3, 0.4) is 0 Å². The van der Waals surface area contributed by atoms with Crippen molar-refractivity contribution in [1.82, 2.24) is 0 Å². The molecule has 2 atom stereocenters. The number of hydrogen-bond acceptors (Lipinski definition) is 1. The lowest BCUT2D eigenvalue weighted by molar-refractivity contribution is 0.636. The lowest BCUT2D eigenvalue weighted by Gasteiger charge is -2.48. The third-order valence-electron chi connectivity index (χ3n) is 17.0. The van der Waals surface area contributed by atoms with Crippen LogP contribution >= 0.6 is 0 Å². The Kier molecular flexibility index (Phi) is 8.62. The fraction of sp³-hybridized carbons (Fsp3) is 0.0704. The molecule has 0 N–H and O–H groups in total. The molecule has 72 heavy (non-hydrogen) atoms. The fourth-order valence-corrected chi connectivity index (χ4v) is 13.9.